The van der Waals surface area contributed by atoms with E-state index in [4.69, 9.17) is 0 Å². The van der Waals surface area contributed by atoms with Crippen LogP contribution < -0.4 is 9.62 Å². The number of nitrogens with one attached hydrogen (secondary N) is 1. The number of carbonyl (C=O) groups excluding carboxylic acids is 1. The monoisotopic (exact) mass is 310 g/mol. The molecule has 1 N–H and O–H groups in total. The molecule has 0 saturated carbocycles. The van der Waals surface area contributed by atoms with Gasteiger partial charge < -0.3 is 4.90 Å². The van der Waals surface area contributed by atoms with Crippen molar-refractivity contribution in [2.45, 2.75) is 6.92 Å². The zero-order valence-electron chi connectivity index (χ0n) is 10.8. The normalized spacial score (nSPS) is 11.4. The van der Waals surface area contributed by atoms with Gasteiger partial charge in [0.25, 0.3) is 0 Å². The number of halogens is 3. The summed E-state index contributed by atoms with van der Waals surface area (Å²) in [5.41, 5.74) is -0.452. The van der Waals surface area contributed by atoms with Crippen molar-refractivity contribution < 1.29 is 26.4 Å². The summed E-state index contributed by atoms with van der Waals surface area (Å²) >= 11 is 0. The van der Waals surface area contributed by atoms with Crippen LogP contribution in [-0.2, 0) is 14.8 Å². The number of nitrogens with zero attached hydrogens (tertiary/aromatic N) is 1. The highest BCUT2D eigenvalue weighted by Crippen LogP contribution is 2.23. The van der Waals surface area contributed by atoms with Gasteiger partial charge in [0.15, 0.2) is 17.5 Å². The van der Waals surface area contributed by atoms with Crippen LogP contribution in [0.4, 0.5) is 18.9 Å². The summed E-state index contributed by atoms with van der Waals surface area (Å²) in [6, 6.07) is 1.60. The van der Waals surface area contributed by atoms with Gasteiger partial charge in [-0.2, -0.15) is 0 Å². The molecule has 0 fully saturated rings. The first-order valence-electron chi connectivity index (χ1n) is 5.49. The van der Waals surface area contributed by atoms with Gasteiger partial charge in [-0.1, -0.05) is 0 Å². The van der Waals surface area contributed by atoms with E-state index in [2.05, 4.69) is 4.72 Å². The van der Waals surface area contributed by atoms with E-state index in [1.807, 2.05) is 0 Å². The zero-order chi connectivity index (χ0) is 15.5. The molecule has 1 amide bonds. The van der Waals surface area contributed by atoms with Crippen LogP contribution in [0.3, 0.4) is 0 Å². The topological polar surface area (TPSA) is 66.5 Å². The van der Waals surface area contributed by atoms with Crippen molar-refractivity contribution in [2.75, 3.05) is 24.2 Å². The summed E-state index contributed by atoms with van der Waals surface area (Å²) in [5, 5.41) is 0. The average molecular weight is 310 g/mol. The zero-order valence-corrected chi connectivity index (χ0v) is 11.6. The minimum atomic E-state index is -3.47. The van der Waals surface area contributed by atoms with Gasteiger partial charge in [0.1, 0.15) is 0 Å². The predicted octanol–water partition coefficient (Wildman–Crippen LogP) is 1.01. The Morgan fingerprint density at radius 1 is 1.25 bits per heavy atom. The number of carbonyl (C=O) groups is 1. The van der Waals surface area contributed by atoms with Gasteiger partial charge in [0.2, 0.25) is 15.9 Å². The second kappa shape index (κ2) is 6.23. The van der Waals surface area contributed by atoms with Crippen LogP contribution in [0.5, 0.6) is 0 Å². The third kappa shape index (κ3) is 4.20. The Bertz CT molecular complexity index is 620. The van der Waals surface area contributed by atoms with Crippen molar-refractivity contribution in [3.8, 4) is 0 Å². The van der Waals surface area contributed by atoms with Crippen molar-refractivity contribution in [3.05, 3.63) is 29.6 Å². The molecule has 0 bridgehead atoms. The lowest BCUT2D eigenvalue weighted by atomic mass is 10.2. The van der Waals surface area contributed by atoms with Gasteiger partial charge in [-0.3, -0.25) is 4.79 Å². The first-order valence-corrected chi connectivity index (χ1v) is 7.39. The van der Waals surface area contributed by atoms with Crippen molar-refractivity contribution in [1.82, 2.24) is 4.72 Å². The number of sulfonamides is 1. The predicted molar refractivity (Wildman–Crippen MR) is 67.2 cm³/mol. The highest BCUT2D eigenvalue weighted by molar-refractivity contribution is 7.88. The summed E-state index contributed by atoms with van der Waals surface area (Å²) in [4.78, 5) is 12.2. The highest BCUT2D eigenvalue weighted by Gasteiger charge is 2.21. The molecule has 5 nitrogen and oxygen atoms in total. The summed E-state index contributed by atoms with van der Waals surface area (Å²) in [5.74, 6) is -5.20. The van der Waals surface area contributed by atoms with Gasteiger partial charge in [0.05, 0.1) is 11.9 Å². The molecule has 0 aliphatic rings. The average Bonchev–Trinajstić information content (AvgIpc) is 2.31. The van der Waals surface area contributed by atoms with E-state index < -0.39 is 39.1 Å². The first-order chi connectivity index (χ1) is 9.13. The van der Waals surface area contributed by atoms with Gasteiger partial charge in [-0.25, -0.2) is 26.3 Å². The molecular weight excluding hydrogens is 297 g/mol. The van der Waals surface area contributed by atoms with Crippen molar-refractivity contribution in [3.63, 3.8) is 0 Å². The lowest BCUT2D eigenvalue weighted by molar-refractivity contribution is -0.116. The fraction of sp³-hybridized carbons (Fsp3) is 0.364. The molecule has 0 spiro atoms. The van der Waals surface area contributed by atoms with Crippen molar-refractivity contribution in [1.29, 1.82) is 0 Å². The lowest BCUT2D eigenvalue weighted by Crippen LogP contribution is -2.37. The first kappa shape index (κ1) is 16.4. The van der Waals surface area contributed by atoms with E-state index in [9.17, 15) is 26.4 Å². The number of anilines is 1. The molecule has 0 heterocycles. The second-order valence-electron chi connectivity index (χ2n) is 4.03. The molecule has 9 heteroatoms. The van der Waals surface area contributed by atoms with Gasteiger partial charge in [-0.05, 0) is 12.1 Å². The SMILES string of the molecule is CC(=O)N(CCNS(C)(=O)=O)c1ccc(F)c(F)c1F. The molecule has 0 aliphatic heterocycles. The smallest absolute Gasteiger partial charge is 0.223 e. The Kier molecular flexibility index (Phi) is 5.12. The third-order valence-electron chi connectivity index (χ3n) is 2.39. The van der Waals surface area contributed by atoms with Crippen molar-refractivity contribution >= 4 is 21.6 Å². The largest absolute Gasteiger partial charge is 0.308 e. The van der Waals surface area contributed by atoms with Crippen LogP contribution in [0.15, 0.2) is 12.1 Å². The summed E-state index contributed by atoms with van der Waals surface area (Å²) in [6.45, 7) is 0.697. The molecular formula is C11H13F3N2O3S. The Hall–Kier alpha value is -1.61. The van der Waals surface area contributed by atoms with E-state index in [1.54, 1.807) is 0 Å². The van der Waals surface area contributed by atoms with E-state index in [1.165, 1.54) is 0 Å². The summed E-state index contributed by atoms with van der Waals surface area (Å²) in [6.07, 6.45) is 0.920. The fourth-order valence-corrected chi connectivity index (χ4v) is 1.98. The number of rotatable bonds is 5. The van der Waals surface area contributed by atoms with Crippen molar-refractivity contribution in [2.24, 2.45) is 0 Å². The minimum Gasteiger partial charge on any atom is -0.308 e. The van der Waals surface area contributed by atoms with E-state index >= 15 is 0 Å². The maximum absolute atomic E-state index is 13.6. The van der Waals surface area contributed by atoms with Gasteiger partial charge >= 0.3 is 0 Å². The minimum absolute atomic E-state index is 0.184. The maximum atomic E-state index is 13.6. The molecule has 0 saturated heterocycles. The van der Waals surface area contributed by atoms with Crippen LogP contribution in [-0.4, -0.2) is 33.7 Å². The third-order valence-corrected chi connectivity index (χ3v) is 3.11. The molecule has 0 atom stereocenters. The molecule has 0 radical (unpaired) electrons. The number of benzene rings is 1. The molecule has 1 rings (SSSR count). The lowest BCUT2D eigenvalue weighted by Gasteiger charge is -2.22. The molecule has 1 aromatic rings. The number of amides is 1. The van der Waals surface area contributed by atoms with Gasteiger partial charge in [0, 0.05) is 20.0 Å². The van der Waals surface area contributed by atoms with E-state index in [0.717, 1.165) is 24.1 Å². The maximum Gasteiger partial charge on any atom is 0.223 e. The summed E-state index contributed by atoms with van der Waals surface area (Å²) in [7, 11) is -3.47. The second-order valence-corrected chi connectivity index (χ2v) is 5.86. The molecule has 0 aliphatic carbocycles. The standard InChI is InChI=1S/C11H13F3N2O3S/c1-7(17)16(6-5-15-20(2,18)19)9-4-3-8(12)10(13)11(9)14/h3-4,15H,5-6H2,1-2H3. The van der Waals surface area contributed by atoms with E-state index in [0.29, 0.717) is 6.07 Å². The number of hydrogen-bond acceptors (Lipinski definition) is 3. The van der Waals surface area contributed by atoms with Crippen LogP contribution in [0.1, 0.15) is 6.92 Å². The van der Waals surface area contributed by atoms with Gasteiger partial charge in [-0.15, -0.1) is 0 Å². The van der Waals surface area contributed by atoms with Crippen LogP contribution in [0, 0.1) is 17.5 Å². The Morgan fingerprint density at radius 2 is 1.85 bits per heavy atom. The Labute approximate surface area is 114 Å². The Morgan fingerprint density at radius 3 is 2.35 bits per heavy atom. The summed E-state index contributed by atoms with van der Waals surface area (Å²) < 4.78 is 63.4. The number of hydrogen-bond donors (Lipinski definition) is 1. The molecule has 1 aromatic carbocycles. The highest BCUT2D eigenvalue weighted by atomic mass is 32.2. The van der Waals surface area contributed by atoms with Crippen LogP contribution in [0.25, 0.3) is 0 Å². The molecule has 112 valence electrons. The molecule has 0 unspecified atom stereocenters. The quantitative estimate of drug-likeness (QED) is 0.825. The Balaban J connectivity index is 2.98. The molecule has 20 heavy (non-hydrogen) atoms. The molecule has 0 aromatic heterocycles. The van der Waals surface area contributed by atoms with Crippen LogP contribution >= 0.6 is 0 Å². The fourth-order valence-electron chi connectivity index (χ4n) is 1.51. The van der Waals surface area contributed by atoms with E-state index in [-0.39, 0.29) is 13.1 Å². The van der Waals surface area contributed by atoms with Crippen LogP contribution in [0.2, 0.25) is 0 Å².